The van der Waals surface area contributed by atoms with Crippen molar-refractivity contribution in [3.05, 3.63) is 0 Å². The first-order valence-corrected chi connectivity index (χ1v) is 7.37. The van der Waals surface area contributed by atoms with Crippen LogP contribution < -0.4 is 5.32 Å². The van der Waals surface area contributed by atoms with E-state index >= 15 is 0 Å². The summed E-state index contributed by atoms with van der Waals surface area (Å²) in [6, 6.07) is 1.12. The molecule has 1 amide bonds. The molecule has 2 aliphatic rings. The molecule has 2 rings (SSSR count). The van der Waals surface area contributed by atoms with Crippen molar-refractivity contribution in [2.45, 2.75) is 57.5 Å². The van der Waals surface area contributed by atoms with E-state index in [9.17, 15) is 4.79 Å². The number of rotatable bonds is 6. The molecule has 0 bridgehead atoms. The lowest BCUT2D eigenvalue weighted by Gasteiger charge is -2.38. The topological polar surface area (TPSA) is 52.6 Å². The normalized spacial score (nSPS) is 28.4. The lowest BCUT2D eigenvalue weighted by Crippen LogP contribution is -2.51. The van der Waals surface area contributed by atoms with E-state index in [4.69, 9.17) is 5.11 Å². The van der Waals surface area contributed by atoms with E-state index in [1.165, 1.54) is 12.8 Å². The summed E-state index contributed by atoms with van der Waals surface area (Å²) < 4.78 is 0. The maximum atomic E-state index is 12.0. The maximum Gasteiger partial charge on any atom is 0.222 e. The fourth-order valence-electron chi connectivity index (χ4n) is 2.88. The van der Waals surface area contributed by atoms with E-state index in [1.807, 2.05) is 11.8 Å². The van der Waals surface area contributed by atoms with Gasteiger partial charge in [-0.3, -0.25) is 4.79 Å². The molecule has 2 unspecified atom stereocenters. The van der Waals surface area contributed by atoms with Crippen molar-refractivity contribution < 1.29 is 9.90 Å². The molecule has 2 N–H and O–H groups in total. The van der Waals surface area contributed by atoms with Gasteiger partial charge in [-0.1, -0.05) is 6.92 Å². The zero-order valence-corrected chi connectivity index (χ0v) is 11.4. The number of piperidine rings is 1. The van der Waals surface area contributed by atoms with Gasteiger partial charge in [0.25, 0.3) is 0 Å². The van der Waals surface area contributed by atoms with Gasteiger partial charge in [-0.25, -0.2) is 0 Å². The van der Waals surface area contributed by atoms with Crippen molar-refractivity contribution in [2.24, 2.45) is 5.92 Å². The van der Waals surface area contributed by atoms with Crippen molar-refractivity contribution in [3.63, 3.8) is 0 Å². The second kappa shape index (κ2) is 6.53. The molecule has 0 aromatic carbocycles. The van der Waals surface area contributed by atoms with Gasteiger partial charge in [0.15, 0.2) is 0 Å². The molecule has 1 saturated heterocycles. The SMILES string of the molecule is CCCC(=O)N1CC(CCO)CC(NC2CC2)C1. The lowest BCUT2D eigenvalue weighted by molar-refractivity contribution is -0.133. The third-order valence-corrected chi connectivity index (χ3v) is 3.94. The number of nitrogens with one attached hydrogen (secondary N) is 1. The van der Waals surface area contributed by atoms with Crippen LogP contribution in [0.2, 0.25) is 0 Å². The van der Waals surface area contributed by atoms with E-state index in [1.54, 1.807) is 0 Å². The van der Waals surface area contributed by atoms with Crippen LogP contribution in [0, 0.1) is 5.92 Å². The van der Waals surface area contributed by atoms with Gasteiger partial charge in [-0.2, -0.15) is 0 Å². The first-order chi connectivity index (χ1) is 8.72. The number of likely N-dealkylation sites (tertiary alicyclic amines) is 1. The highest BCUT2D eigenvalue weighted by atomic mass is 16.3. The Morgan fingerprint density at radius 3 is 2.72 bits per heavy atom. The van der Waals surface area contributed by atoms with Crippen LogP contribution in [-0.2, 0) is 4.79 Å². The quantitative estimate of drug-likeness (QED) is 0.747. The molecule has 1 saturated carbocycles. The Kier molecular flexibility index (Phi) is 5.01. The van der Waals surface area contributed by atoms with E-state index in [2.05, 4.69) is 5.32 Å². The van der Waals surface area contributed by atoms with Gasteiger partial charge in [0, 0.05) is 38.2 Å². The van der Waals surface area contributed by atoms with E-state index < -0.39 is 0 Å². The molecule has 0 aromatic heterocycles. The van der Waals surface area contributed by atoms with E-state index in [-0.39, 0.29) is 12.5 Å². The maximum absolute atomic E-state index is 12.0. The van der Waals surface area contributed by atoms with Crippen molar-refractivity contribution in [3.8, 4) is 0 Å². The number of carbonyl (C=O) groups is 1. The summed E-state index contributed by atoms with van der Waals surface area (Å²) in [4.78, 5) is 14.0. The van der Waals surface area contributed by atoms with Gasteiger partial charge in [0.05, 0.1) is 0 Å². The zero-order chi connectivity index (χ0) is 13.0. The number of amides is 1. The molecular weight excluding hydrogens is 228 g/mol. The second-order valence-electron chi connectivity index (χ2n) is 5.80. The van der Waals surface area contributed by atoms with Gasteiger partial charge in [0.1, 0.15) is 0 Å². The van der Waals surface area contributed by atoms with Gasteiger partial charge in [-0.05, 0) is 38.0 Å². The van der Waals surface area contributed by atoms with Crippen molar-refractivity contribution in [2.75, 3.05) is 19.7 Å². The van der Waals surface area contributed by atoms with Crippen LogP contribution in [0.3, 0.4) is 0 Å². The molecule has 0 spiro atoms. The molecule has 1 heterocycles. The molecule has 0 aromatic rings. The fourth-order valence-corrected chi connectivity index (χ4v) is 2.88. The smallest absolute Gasteiger partial charge is 0.222 e. The number of aliphatic hydroxyl groups excluding tert-OH is 1. The van der Waals surface area contributed by atoms with Crippen LogP contribution in [0.25, 0.3) is 0 Å². The molecule has 2 fully saturated rings. The first kappa shape index (κ1) is 13.8. The highest BCUT2D eigenvalue weighted by molar-refractivity contribution is 5.76. The Morgan fingerprint density at radius 1 is 1.33 bits per heavy atom. The minimum absolute atomic E-state index is 0.233. The summed E-state index contributed by atoms with van der Waals surface area (Å²) in [6.45, 7) is 3.98. The largest absolute Gasteiger partial charge is 0.396 e. The summed E-state index contributed by atoms with van der Waals surface area (Å²) in [7, 11) is 0. The summed E-state index contributed by atoms with van der Waals surface area (Å²) >= 11 is 0. The Bertz CT molecular complexity index is 279. The highest BCUT2D eigenvalue weighted by Gasteiger charge is 2.32. The van der Waals surface area contributed by atoms with Gasteiger partial charge in [0.2, 0.25) is 5.91 Å². The van der Waals surface area contributed by atoms with Crippen LogP contribution in [0.5, 0.6) is 0 Å². The summed E-state index contributed by atoms with van der Waals surface area (Å²) in [5.41, 5.74) is 0. The van der Waals surface area contributed by atoms with Crippen LogP contribution in [0.15, 0.2) is 0 Å². The minimum atomic E-state index is 0.233. The Balaban J connectivity index is 1.89. The Hall–Kier alpha value is -0.610. The number of hydrogen-bond acceptors (Lipinski definition) is 3. The molecule has 4 heteroatoms. The average Bonchev–Trinajstić information content (AvgIpc) is 3.13. The van der Waals surface area contributed by atoms with Crippen LogP contribution >= 0.6 is 0 Å². The highest BCUT2D eigenvalue weighted by Crippen LogP contribution is 2.25. The number of carbonyl (C=O) groups excluding carboxylic acids is 1. The Labute approximate surface area is 110 Å². The molecule has 1 aliphatic heterocycles. The number of nitrogens with zero attached hydrogens (tertiary/aromatic N) is 1. The minimum Gasteiger partial charge on any atom is -0.396 e. The predicted molar refractivity (Wildman–Crippen MR) is 71.2 cm³/mol. The number of hydrogen-bond donors (Lipinski definition) is 2. The molecule has 4 nitrogen and oxygen atoms in total. The lowest BCUT2D eigenvalue weighted by atomic mass is 9.91. The van der Waals surface area contributed by atoms with E-state index in [0.717, 1.165) is 32.4 Å². The number of aliphatic hydroxyl groups is 1. The molecule has 104 valence electrons. The van der Waals surface area contributed by atoms with Crippen LogP contribution in [-0.4, -0.2) is 47.7 Å². The Morgan fingerprint density at radius 2 is 2.11 bits per heavy atom. The third kappa shape index (κ3) is 3.95. The van der Waals surface area contributed by atoms with Gasteiger partial charge >= 0.3 is 0 Å². The van der Waals surface area contributed by atoms with Crippen LogP contribution in [0.1, 0.15) is 45.4 Å². The standard InChI is InChI=1S/C14H26N2O2/c1-2-3-14(18)16-9-11(6-7-17)8-13(10-16)15-12-4-5-12/h11-13,15,17H,2-10H2,1H3. The predicted octanol–water partition coefficient (Wildman–Crippen LogP) is 1.14. The van der Waals surface area contributed by atoms with Crippen LogP contribution in [0.4, 0.5) is 0 Å². The van der Waals surface area contributed by atoms with Gasteiger partial charge < -0.3 is 15.3 Å². The second-order valence-corrected chi connectivity index (χ2v) is 5.80. The molecule has 1 aliphatic carbocycles. The molecule has 18 heavy (non-hydrogen) atoms. The third-order valence-electron chi connectivity index (χ3n) is 3.94. The van der Waals surface area contributed by atoms with Gasteiger partial charge in [-0.15, -0.1) is 0 Å². The molecule has 0 radical (unpaired) electrons. The summed E-state index contributed by atoms with van der Waals surface area (Å²) in [6.07, 6.45) is 6.06. The fraction of sp³-hybridized carbons (Fsp3) is 0.929. The summed E-state index contributed by atoms with van der Waals surface area (Å²) in [5.74, 6) is 0.739. The van der Waals surface area contributed by atoms with Crippen molar-refractivity contribution >= 4 is 5.91 Å². The van der Waals surface area contributed by atoms with Crippen molar-refractivity contribution in [1.82, 2.24) is 10.2 Å². The van der Waals surface area contributed by atoms with Crippen molar-refractivity contribution in [1.29, 1.82) is 0 Å². The molecule has 2 atom stereocenters. The first-order valence-electron chi connectivity index (χ1n) is 7.37. The monoisotopic (exact) mass is 254 g/mol. The van der Waals surface area contributed by atoms with E-state index in [0.29, 0.717) is 24.4 Å². The summed E-state index contributed by atoms with van der Waals surface area (Å²) in [5, 5.41) is 12.7. The average molecular weight is 254 g/mol. The zero-order valence-electron chi connectivity index (χ0n) is 11.4. The molecular formula is C14H26N2O2.